The molecule has 1 unspecified atom stereocenters. The third kappa shape index (κ3) is 4.81. The van der Waals surface area contributed by atoms with Gasteiger partial charge in [0.15, 0.2) is 0 Å². The van der Waals surface area contributed by atoms with Crippen LogP contribution in [0.3, 0.4) is 0 Å². The number of unbranched alkanes of at least 4 members (excludes halogenated alkanes) is 2. The Labute approximate surface area is 112 Å². The van der Waals surface area contributed by atoms with Crippen LogP contribution in [0.2, 0.25) is 0 Å². The summed E-state index contributed by atoms with van der Waals surface area (Å²) in [5.74, 6) is 0.130. The highest BCUT2D eigenvalue weighted by molar-refractivity contribution is 5.94. The smallest absolute Gasteiger partial charge is 0.249 e. The van der Waals surface area contributed by atoms with Gasteiger partial charge in [0.25, 0.3) is 0 Å². The molecule has 18 heavy (non-hydrogen) atoms. The van der Waals surface area contributed by atoms with Gasteiger partial charge < -0.3 is 9.80 Å². The molecule has 0 aromatic rings. The van der Waals surface area contributed by atoms with E-state index in [1.807, 2.05) is 4.90 Å². The molecule has 0 aromatic heterocycles. The van der Waals surface area contributed by atoms with Crippen LogP contribution in [-0.2, 0) is 4.79 Å². The monoisotopic (exact) mass is 252 g/mol. The average Bonchev–Trinajstić information content (AvgIpc) is 3.10. The van der Waals surface area contributed by atoms with Crippen molar-refractivity contribution in [3.63, 3.8) is 0 Å². The second kappa shape index (κ2) is 7.57. The second-order valence-electron chi connectivity index (χ2n) is 5.40. The Morgan fingerprint density at radius 2 is 1.83 bits per heavy atom. The molecule has 1 fully saturated rings. The zero-order chi connectivity index (χ0) is 13.5. The lowest BCUT2D eigenvalue weighted by molar-refractivity contribution is -0.122. The molecule has 3 heteroatoms. The van der Waals surface area contributed by atoms with Crippen molar-refractivity contribution in [1.29, 1.82) is 0 Å². The molecule has 0 spiro atoms. The zero-order valence-electron chi connectivity index (χ0n) is 12.2. The highest BCUT2D eigenvalue weighted by Gasteiger charge is 2.39. The van der Waals surface area contributed by atoms with E-state index in [4.69, 9.17) is 0 Å². The molecule has 0 N–H and O–H groups in total. The molecule has 0 radical (unpaired) electrons. The number of hydrogen-bond donors (Lipinski definition) is 0. The number of carbonyl (C=O) groups is 1. The fourth-order valence-electron chi connectivity index (χ4n) is 2.19. The number of rotatable bonds is 9. The lowest BCUT2D eigenvalue weighted by Crippen LogP contribution is -2.32. The van der Waals surface area contributed by atoms with E-state index < -0.39 is 0 Å². The molecule has 1 rings (SSSR count). The molecule has 0 aliphatic carbocycles. The van der Waals surface area contributed by atoms with Gasteiger partial charge >= 0.3 is 0 Å². The molecule has 104 valence electrons. The largest absolute Gasteiger partial charge is 0.331 e. The normalized spacial score (nSPS) is 18.2. The predicted molar refractivity (Wildman–Crippen MR) is 76.6 cm³/mol. The van der Waals surface area contributed by atoms with Crippen LogP contribution in [0.1, 0.15) is 46.5 Å². The number of nitrogens with zero attached hydrogens (tertiary/aromatic N) is 2. The van der Waals surface area contributed by atoms with Crippen LogP contribution in [-0.4, -0.2) is 47.9 Å². The van der Waals surface area contributed by atoms with Gasteiger partial charge in [0.1, 0.15) is 0 Å². The van der Waals surface area contributed by atoms with Crippen LogP contribution >= 0.6 is 0 Å². The molecule has 0 bridgehead atoms. The maximum absolute atomic E-state index is 11.7. The maximum atomic E-state index is 11.7. The Kier molecular flexibility index (Phi) is 6.41. The quantitative estimate of drug-likeness (QED) is 0.465. The molecule has 1 atom stereocenters. The summed E-state index contributed by atoms with van der Waals surface area (Å²) in [5.41, 5.74) is 0.658. The van der Waals surface area contributed by atoms with Crippen molar-refractivity contribution in [2.75, 3.05) is 26.2 Å². The maximum Gasteiger partial charge on any atom is 0.249 e. The molecule has 3 nitrogen and oxygen atoms in total. The van der Waals surface area contributed by atoms with Gasteiger partial charge in [-0.25, -0.2) is 0 Å². The molecule has 1 amide bonds. The summed E-state index contributed by atoms with van der Waals surface area (Å²) in [4.78, 5) is 16.2. The van der Waals surface area contributed by atoms with Crippen LogP contribution in [0.15, 0.2) is 12.2 Å². The summed E-state index contributed by atoms with van der Waals surface area (Å²) in [5, 5.41) is 0. The highest BCUT2D eigenvalue weighted by atomic mass is 16.2. The fourth-order valence-corrected chi connectivity index (χ4v) is 2.19. The van der Waals surface area contributed by atoms with Gasteiger partial charge in [-0.1, -0.05) is 33.3 Å². The Morgan fingerprint density at radius 3 is 2.28 bits per heavy atom. The van der Waals surface area contributed by atoms with Crippen molar-refractivity contribution >= 4 is 5.91 Å². The fraction of sp³-hybridized carbons (Fsp3) is 0.800. The van der Waals surface area contributed by atoms with Gasteiger partial charge in [-0.05, 0) is 32.9 Å². The van der Waals surface area contributed by atoms with Gasteiger partial charge in [0.2, 0.25) is 5.91 Å². The van der Waals surface area contributed by atoms with E-state index in [0.717, 1.165) is 13.1 Å². The number of carbonyl (C=O) groups excluding carboxylic acids is 1. The molecule has 1 saturated heterocycles. The van der Waals surface area contributed by atoms with Crippen molar-refractivity contribution in [3.05, 3.63) is 12.2 Å². The molecule has 0 saturated carbocycles. The second-order valence-corrected chi connectivity index (χ2v) is 5.40. The van der Waals surface area contributed by atoms with E-state index in [2.05, 4.69) is 25.3 Å². The summed E-state index contributed by atoms with van der Waals surface area (Å²) < 4.78 is 0. The first-order valence-corrected chi connectivity index (χ1v) is 7.29. The Hall–Kier alpha value is -0.830. The molecular weight excluding hydrogens is 224 g/mol. The summed E-state index contributed by atoms with van der Waals surface area (Å²) in [7, 11) is 0. The Balaban J connectivity index is 2.33. The van der Waals surface area contributed by atoms with Gasteiger partial charge in [0.05, 0.1) is 6.04 Å². The first-order valence-electron chi connectivity index (χ1n) is 7.29. The SMILES string of the molecule is C=C(C)C(=O)N1CC1CN(CCCC)CCCC. The Morgan fingerprint density at radius 1 is 1.28 bits per heavy atom. The van der Waals surface area contributed by atoms with Crippen molar-refractivity contribution < 1.29 is 4.79 Å². The standard InChI is InChI=1S/C15H28N2O/c1-5-7-9-16(10-8-6-2)11-14-12-17(14)15(18)13(3)4/h14H,3,5-12H2,1-2,4H3. The summed E-state index contributed by atoms with van der Waals surface area (Å²) in [6, 6.07) is 0.433. The zero-order valence-corrected chi connectivity index (χ0v) is 12.2. The number of hydrogen-bond acceptors (Lipinski definition) is 2. The molecule has 1 aliphatic heterocycles. The molecule has 1 aliphatic rings. The summed E-state index contributed by atoms with van der Waals surface area (Å²) in [6.07, 6.45) is 4.99. The van der Waals surface area contributed by atoms with Crippen LogP contribution in [0.5, 0.6) is 0 Å². The van der Waals surface area contributed by atoms with Gasteiger partial charge in [-0.3, -0.25) is 4.79 Å². The highest BCUT2D eigenvalue weighted by Crippen LogP contribution is 2.21. The van der Waals surface area contributed by atoms with Crippen molar-refractivity contribution in [1.82, 2.24) is 9.80 Å². The van der Waals surface area contributed by atoms with E-state index in [0.29, 0.717) is 11.6 Å². The predicted octanol–water partition coefficient (Wildman–Crippen LogP) is 2.68. The van der Waals surface area contributed by atoms with Crippen LogP contribution < -0.4 is 0 Å². The average molecular weight is 252 g/mol. The van der Waals surface area contributed by atoms with Gasteiger partial charge in [-0.15, -0.1) is 0 Å². The van der Waals surface area contributed by atoms with E-state index in [9.17, 15) is 4.79 Å². The first kappa shape index (κ1) is 15.2. The van der Waals surface area contributed by atoms with Crippen LogP contribution in [0.4, 0.5) is 0 Å². The van der Waals surface area contributed by atoms with E-state index in [-0.39, 0.29) is 5.91 Å². The molecular formula is C15H28N2O. The minimum absolute atomic E-state index is 0.130. The third-order valence-corrected chi connectivity index (χ3v) is 3.47. The molecule has 0 aromatic carbocycles. The van der Waals surface area contributed by atoms with Gasteiger partial charge in [-0.2, -0.15) is 0 Å². The van der Waals surface area contributed by atoms with Crippen molar-refractivity contribution in [3.8, 4) is 0 Å². The molecule has 1 heterocycles. The Bertz CT molecular complexity index is 280. The first-order chi connectivity index (χ1) is 8.60. The van der Waals surface area contributed by atoms with Crippen LogP contribution in [0.25, 0.3) is 0 Å². The van der Waals surface area contributed by atoms with E-state index in [1.54, 1.807) is 6.92 Å². The summed E-state index contributed by atoms with van der Waals surface area (Å²) >= 11 is 0. The minimum Gasteiger partial charge on any atom is -0.331 e. The van der Waals surface area contributed by atoms with Gasteiger partial charge in [0, 0.05) is 18.7 Å². The van der Waals surface area contributed by atoms with E-state index in [1.165, 1.54) is 38.8 Å². The lowest BCUT2D eigenvalue weighted by atomic mass is 10.2. The van der Waals surface area contributed by atoms with Crippen molar-refractivity contribution in [2.24, 2.45) is 0 Å². The minimum atomic E-state index is 0.130. The number of amides is 1. The van der Waals surface area contributed by atoms with Crippen molar-refractivity contribution in [2.45, 2.75) is 52.5 Å². The third-order valence-electron chi connectivity index (χ3n) is 3.47. The topological polar surface area (TPSA) is 23.3 Å². The lowest BCUT2D eigenvalue weighted by Gasteiger charge is -2.21. The van der Waals surface area contributed by atoms with Crippen LogP contribution in [0, 0.1) is 0 Å². The summed E-state index contributed by atoms with van der Waals surface area (Å²) in [6.45, 7) is 14.3. The van der Waals surface area contributed by atoms with E-state index >= 15 is 0 Å².